The molecule has 0 aromatic rings. The van der Waals surface area contributed by atoms with Crippen molar-refractivity contribution in [3.63, 3.8) is 0 Å². The third-order valence-corrected chi connectivity index (χ3v) is 8.14. The van der Waals surface area contributed by atoms with Gasteiger partial charge in [0.2, 0.25) is 0 Å². The van der Waals surface area contributed by atoms with Gasteiger partial charge in [0, 0.05) is 19.4 Å². The molecule has 0 saturated carbocycles. The number of rotatable bonds is 32. The molecule has 0 radical (unpaired) electrons. The highest BCUT2D eigenvalue weighted by atomic mass is 31.2. The first-order valence-electron chi connectivity index (χ1n) is 17.2. The summed E-state index contributed by atoms with van der Waals surface area (Å²) in [5.74, 6) is -0.841. The number of esters is 2. The Balaban J connectivity index is 4.29. The largest absolute Gasteiger partial charge is 0.472 e. The fraction of sp³-hybridized carbons (Fsp3) is 0.879. The van der Waals surface area contributed by atoms with Crippen LogP contribution in [0.5, 0.6) is 0 Å². The minimum absolute atomic E-state index is 0.0542. The van der Waals surface area contributed by atoms with Crippen molar-refractivity contribution in [2.45, 2.75) is 161 Å². The van der Waals surface area contributed by atoms with Gasteiger partial charge in [-0.15, -0.1) is 0 Å². The molecule has 0 fully saturated rings. The van der Waals surface area contributed by atoms with E-state index < -0.39 is 26.5 Å². The van der Waals surface area contributed by atoms with Crippen molar-refractivity contribution in [2.75, 3.05) is 26.4 Å². The predicted molar refractivity (Wildman–Crippen MR) is 174 cm³/mol. The minimum atomic E-state index is -4.36. The smallest absolute Gasteiger partial charge is 0.462 e. The number of carbonyl (C=O) groups is 2. The molecule has 0 aromatic carbocycles. The van der Waals surface area contributed by atoms with Crippen molar-refractivity contribution < 1.29 is 37.6 Å². The highest BCUT2D eigenvalue weighted by molar-refractivity contribution is 7.47. The van der Waals surface area contributed by atoms with E-state index in [1.807, 2.05) is 0 Å². The van der Waals surface area contributed by atoms with E-state index in [0.717, 1.165) is 51.4 Å². The van der Waals surface area contributed by atoms with Crippen molar-refractivity contribution in [3.05, 3.63) is 12.2 Å². The van der Waals surface area contributed by atoms with Crippen molar-refractivity contribution in [1.82, 2.24) is 0 Å². The average molecular weight is 634 g/mol. The second kappa shape index (κ2) is 30.8. The van der Waals surface area contributed by atoms with Gasteiger partial charge < -0.3 is 20.1 Å². The molecule has 0 bridgehead atoms. The Kier molecular flexibility index (Phi) is 29.9. The Labute approximate surface area is 262 Å². The lowest BCUT2D eigenvalue weighted by molar-refractivity contribution is -0.161. The topological polar surface area (TPSA) is 134 Å². The molecule has 3 N–H and O–H groups in total. The number of allylic oxidation sites excluding steroid dienone is 2. The summed E-state index contributed by atoms with van der Waals surface area (Å²) < 4.78 is 32.5. The molecular formula is C33H64NO8P. The quantitative estimate of drug-likeness (QED) is 0.0323. The van der Waals surface area contributed by atoms with Crippen LogP contribution in [0.4, 0.5) is 0 Å². The maximum atomic E-state index is 12.4. The van der Waals surface area contributed by atoms with Gasteiger partial charge in [0.05, 0.1) is 13.2 Å². The highest BCUT2D eigenvalue weighted by Crippen LogP contribution is 2.43. The van der Waals surface area contributed by atoms with Crippen LogP contribution in [-0.2, 0) is 32.7 Å². The Morgan fingerprint density at radius 3 is 1.67 bits per heavy atom. The molecule has 0 aliphatic rings. The van der Waals surface area contributed by atoms with Gasteiger partial charge in [-0.1, -0.05) is 116 Å². The molecule has 9 nitrogen and oxygen atoms in total. The lowest BCUT2D eigenvalue weighted by Gasteiger charge is -2.19. The maximum absolute atomic E-state index is 12.4. The Morgan fingerprint density at radius 1 is 0.674 bits per heavy atom. The van der Waals surface area contributed by atoms with Crippen LogP contribution in [0, 0.1) is 0 Å². The van der Waals surface area contributed by atoms with Gasteiger partial charge in [-0.3, -0.25) is 18.6 Å². The molecule has 43 heavy (non-hydrogen) atoms. The van der Waals surface area contributed by atoms with E-state index in [1.54, 1.807) is 0 Å². The first-order valence-corrected chi connectivity index (χ1v) is 18.7. The molecule has 254 valence electrons. The van der Waals surface area contributed by atoms with Gasteiger partial charge in [0.25, 0.3) is 0 Å². The van der Waals surface area contributed by atoms with Crippen LogP contribution in [0.3, 0.4) is 0 Å². The molecule has 0 aliphatic heterocycles. The summed E-state index contributed by atoms with van der Waals surface area (Å²) in [6.45, 7) is 3.66. The maximum Gasteiger partial charge on any atom is 0.472 e. The molecule has 10 heteroatoms. The summed E-state index contributed by atoms with van der Waals surface area (Å²) in [5, 5.41) is 0. The van der Waals surface area contributed by atoms with Gasteiger partial charge in [0.1, 0.15) is 6.61 Å². The van der Waals surface area contributed by atoms with E-state index in [9.17, 15) is 19.0 Å². The number of nitrogens with two attached hydrogens (primary N) is 1. The van der Waals surface area contributed by atoms with Gasteiger partial charge in [0.15, 0.2) is 6.10 Å². The first kappa shape index (κ1) is 41.8. The predicted octanol–water partition coefficient (Wildman–Crippen LogP) is 8.71. The van der Waals surface area contributed by atoms with Gasteiger partial charge in [-0.05, 0) is 38.5 Å². The van der Waals surface area contributed by atoms with Crippen LogP contribution in [0.1, 0.15) is 155 Å². The second-order valence-electron chi connectivity index (χ2n) is 11.4. The Morgan fingerprint density at radius 2 is 1.14 bits per heavy atom. The van der Waals surface area contributed by atoms with Crippen molar-refractivity contribution in [2.24, 2.45) is 5.73 Å². The normalized spacial score (nSPS) is 13.7. The number of phosphoric ester groups is 1. The van der Waals surface area contributed by atoms with Crippen LogP contribution >= 0.6 is 7.82 Å². The Bertz CT molecular complexity index is 734. The van der Waals surface area contributed by atoms with Gasteiger partial charge in [-0.2, -0.15) is 0 Å². The molecule has 0 aromatic heterocycles. The van der Waals surface area contributed by atoms with Crippen LogP contribution in [-0.4, -0.2) is 49.3 Å². The summed E-state index contributed by atoms with van der Waals surface area (Å²) in [6.07, 6.45) is 26.7. The summed E-state index contributed by atoms with van der Waals surface area (Å²) in [7, 11) is -4.36. The lowest BCUT2D eigenvalue weighted by Crippen LogP contribution is -2.29. The summed E-state index contributed by atoms with van der Waals surface area (Å²) >= 11 is 0. The third-order valence-electron chi connectivity index (χ3n) is 7.15. The fourth-order valence-corrected chi connectivity index (χ4v) is 5.33. The number of hydrogen-bond donors (Lipinski definition) is 2. The number of hydrogen-bond acceptors (Lipinski definition) is 8. The van der Waals surface area contributed by atoms with Gasteiger partial charge in [-0.25, -0.2) is 4.57 Å². The molecule has 2 atom stereocenters. The zero-order valence-electron chi connectivity index (χ0n) is 27.4. The van der Waals surface area contributed by atoms with Crippen LogP contribution < -0.4 is 5.73 Å². The van der Waals surface area contributed by atoms with Crippen molar-refractivity contribution in [1.29, 1.82) is 0 Å². The van der Waals surface area contributed by atoms with E-state index in [-0.39, 0.29) is 38.6 Å². The molecular weight excluding hydrogens is 569 g/mol. The summed E-state index contributed by atoms with van der Waals surface area (Å²) in [6, 6.07) is 0. The number of carbonyl (C=O) groups excluding carboxylic acids is 2. The molecule has 0 rings (SSSR count). The first-order chi connectivity index (χ1) is 20.8. The standard InChI is InChI=1S/C33H64NO8P/c1-3-5-7-9-11-13-14-15-16-18-20-22-24-26-33(36)42-31(30-41-43(37,38)40-28-27-34)29-39-32(35)25-23-21-19-17-12-10-8-6-4-2/h13-14,31H,3-12,15-30,34H2,1-2H3,(H,37,38)/b14-13-/t31-/m1/s1. The molecule has 0 spiro atoms. The molecule has 0 amide bonds. The number of phosphoric acid groups is 1. The number of unbranched alkanes of at least 4 members (excludes halogenated alkanes) is 17. The van der Waals surface area contributed by atoms with Crippen LogP contribution in [0.25, 0.3) is 0 Å². The van der Waals surface area contributed by atoms with Crippen LogP contribution in [0.15, 0.2) is 12.2 Å². The van der Waals surface area contributed by atoms with E-state index in [1.165, 1.54) is 70.6 Å². The van der Waals surface area contributed by atoms with E-state index in [0.29, 0.717) is 6.42 Å². The summed E-state index contributed by atoms with van der Waals surface area (Å²) in [5.41, 5.74) is 5.31. The molecule has 0 saturated heterocycles. The summed E-state index contributed by atoms with van der Waals surface area (Å²) in [4.78, 5) is 34.5. The fourth-order valence-electron chi connectivity index (χ4n) is 4.57. The molecule has 1 unspecified atom stereocenters. The second-order valence-corrected chi connectivity index (χ2v) is 12.8. The van der Waals surface area contributed by atoms with E-state index in [2.05, 4.69) is 26.0 Å². The monoisotopic (exact) mass is 633 g/mol. The van der Waals surface area contributed by atoms with Crippen molar-refractivity contribution >= 4 is 19.8 Å². The molecule has 0 heterocycles. The van der Waals surface area contributed by atoms with E-state index in [4.69, 9.17) is 24.3 Å². The zero-order valence-corrected chi connectivity index (χ0v) is 28.3. The minimum Gasteiger partial charge on any atom is -0.462 e. The third kappa shape index (κ3) is 30.6. The average Bonchev–Trinajstić information content (AvgIpc) is 2.99. The van der Waals surface area contributed by atoms with Crippen molar-refractivity contribution in [3.8, 4) is 0 Å². The number of ether oxygens (including phenoxy) is 2. The SMILES string of the molecule is CCCCCC/C=C\CCCCCCCC(=O)O[C@H](COC(=O)CCCCCCCCCCC)COP(=O)(O)OCCN. The van der Waals surface area contributed by atoms with E-state index >= 15 is 0 Å². The zero-order chi connectivity index (χ0) is 31.9. The van der Waals surface area contributed by atoms with Gasteiger partial charge >= 0.3 is 19.8 Å². The highest BCUT2D eigenvalue weighted by Gasteiger charge is 2.25. The van der Waals surface area contributed by atoms with Crippen LogP contribution in [0.2, 0.25) is 0 Å². The Hall–Kier alpha value is -1.25. The molecule has 0 aliphatic carbocycles. The lowest BCUT2D eigenvalue weighted by atomic mass is 10.1.